The van der Waals surface area contributed by atoms with Crippen LogP contribution in [0.25, 0.3) is 11.4 Å². The number of halogens is 1. The molecule has 4 rings (SSSR count). The number of hydrogen-bond donors (Lipinski definition) is 1. The van der Waals surface area contributed by atoms with Crippen molar-refractivity contribution in [3.8, 4) is 11.4 Å². The van der Waals surface area contributed by atoms with Crippen LogP contribution in [0.15, 0.2) is 24.3 Å². The van der Waals surface area contributed by atoms with Crippen LogP contribution in [0.3, 0.4) is 0 Å². The number of piperidine rings is 1. The third-order valence-corrected chi connectivity index (χ3v) is 5.47. The molecule has 1 amide bonds. The van der Waals surface area contributed by atoms with Gasteiger partial charge < -0.3 is 10.2 Å². The number of carbonyl (C=O) groups is 1. The van der Waals surface area contributed by atoms with Crippen LogP contribution >= 0.6 is 11.6 Å². The smallest absolute Gasteiger partial charge is 0.246 e. The lowest BCUT2D eigenvalue weighted by atomic mass is 9.98. The van der Waals surface area contributed by atoms with Crippen molar-refractivity contribution in [3.05, 3.63) is 29.3 Å². The van der Waals surface area contributed by atoms with Crippen LogP contribution in [-0.2, 0) is 11.3 Å². The highest BCUT2D eigenvalue weighted by molar-refractivity contribution is 6.30. The maximum atomic E-state index is 12.6. The summed E-state index contributed by atoms with van der Waals surface area (Å²) in [6.45, 7) is 0.107. The van der Waals surface area contributed by atoms with Gasteiger partial charge in [-0.25, -0.2) is 0 Å². The highest BCUT2D eigenvalue weighted by Crippen LogP contribution is 2.29. The van der Waals surface area contributed by atoms with E-state index >= 15 is 0 Å². The molecule has 8 heteroatoms. The molecule has 1 aromatic carbocycles. The molecule has 2 fully saturated rings. The Hall–Kier alpha value is -1.99. The Balaban J connectivity index is 1.40. The maximum absolute atomic E-state index is 12.6. The Bertz CT molecular complexity index is 749. The number of fused-ring (bicyclic) bond motifs is 2. The molecule has 2 unspecified atom stereocenters. The van der Waals surface area contributed by atoms with Crippen molar-refractivity contribution in [2.24, 2.45) is 0 Å². The zero-order valence-electron chi connectivity index (χ0n) is 14.1. The first-order valence-electron chi connectivity index (χ1n) is 8.64. The number of nitrogens with zero attached hydrogens (tertiary/aromatic N) is 5. The van der Waals surface area contributed by atoms with Gasteiger partial charge in [0, 0.05) is 35.8 Å². The van der Waals surface area contributed by atoms with E-state index in [1.54, 1.807) is 12.1 Å². The standard InChI is InChI=1S/C17H21ClN6O/c1-23(15-8-13-6-7-14(9-15)19-13)16(25)10-24-21-17(20-22-24)11-2-4-12(18)5-3-11/h2-5,13-15,19H,6-10H2,1H3. The Morgan fingerprint density at radius 1 is 1.28 bits per heavy atom. The van der Waals surface area contributed by atoms with Crippen LogP contribution in [-0.4, -0.2) is 56.2 Å². The molecule has 25 heavy (non-hydrogen) atoms. The number of carbonyl (C=O) groups excluding carboxylic acids is 1. The molecule has 1 N–H and O–H groups in total. The lowest BCUT2D eigenvalue weighted by Crippen LogP contribution is -2.49. The van der Waals surface area contributed by atoms with Crippen molar-refractivity contribution in [2.75, 3.05) is 7.05 Å². The summed E-state index contributed by atoms with van der Waals surface area (Å²) in [6, 6.07) is 8.64. The fraction of sp³-hybridized carbons (Fsp3) is 0.529. The zero-order chi connectivity index (χ0) is 17.4. The molecule has 0 saturated carbocycles. The lowest BCUT2D eigenvalue weighted by Gasteiger charge is -2.35. The summed E-state index contributed by atoms with van der Waals surface area (Å²) in [7, 11) is 1.88. The number of nitrogens with one attached hydrogen (secondary N) is 1. The molecular formula is C17H21ClN6O. The van der Waals surface area contributed by atoms with Gasteiger partial charge in [0.2, 0.25) is 11.7 Å². The first kappa shape index (κ1) is 16.5. The topological polar surface area (TPSA) is 75.9 Å². The second-order valence-corrected chi connectivity index (χ2v) is 7.35. The van der Waals surface area contributed by atoms with Gasteiger partial charge in [0.05, 0.1) is 0 Å². The first-order valence-corrected chi connectivity index (χ1v) is 9.02. The van der Waals surface area contributed by atoms with Gasteiger partial charge >= 0.3 is 0 Å². The van der Waals surface area contributed by atoms with Gasteiger partial charge in [0.15, 0.2) is 0 Å². The zero-order valence-corrected chi connectivity index (χ0v) is 14.9. The minimum atomic E-state index is 0.0198. The van der Waals surface area contributed by atoms with E-state index in [4.69, 9.17) is 11.6 Å². The normalized spacial score (nSPS) is 25.1. The third kappa shape index (κ3) is 3.52. The molecule has 7 nitrogen and oxygen atoms in total. The molecule has 2 aromatic rings. The van der Waals surface area contributed by atoms with Crippen LogP contribution in [0, 0.1) is 0 Å². The summed E-state index contributed by atoms with van der Waals surface area (Å²) in [5.41, 5.74) is 0.825. The van der Waals surface area contributed by atoms with Gasteiger partial charge in [-0.15, -0.1) is 10.2 Å². The predicted octanol–water partition coefficient (Wildman–Crippen LogP) is 1.73. The molecule has 2 bridgehead atoms. The van der Waals surface area contributed by atoms with E-state index in [-0.39, 0.29) is 12.5 Å². The number of aromatic nitrogens is 4. The van der Waals surface area contributed by atoms with Crippen LogP contribution in [0.2, 0.25) is 5.02 Å². The Morgan fingerprint density at radius 3 is 2.64 bits per heavy atom. The fourth-order valence-electron chi connectivity index (χ4n) is 3.80. The van der Waals surface area contributed by atoms with Gasteiger partial charge in [-0.2, -0.15) is 4.80 Å². The van der Waals surface area contributed by atoms with Gasteiger partial charge in [0.1, 0.15) is 6.54 Å². The summed E-state index contributed by atoms with van der Waals surface area (Å²) in [4.78, 5) is 15.8. The first-order chi connectivity index (χ1) is 12.1. The number of tetrazole rings is 1. The molecule has 132 valence electrons. The van der Waals surface area contributed by atoms with Gasteiger partial charge in [0.25, 0.3) is 0 Å². The second-order valence-electron chi connectivity index (χ2n) is 6.92. The number of benzene rings is 1. The van der Waals surface area contributed by atoms with Crippen molar-refractivity contribution >= 4 is 17.5 Å². The summed E-state index contributed by atoms with van der Waals surface area (Å²) in [5.74, 6) is 0.512. The highest BCUT2D eigenvalue weighted by Gasteiger charge is 2.36. The van der Waals surface area contributed by atoms with Crippen molar-refractivity contribution in [2.45, 2.75) is 50.4 Å². The molecule has 1 aromatic heterocycles. The van der Waals surface area contributed by atoms with E-state index < -0.39 is 0 Å². The summed E-state index contributed by atoms with van der Waals surface area (Å²) in [5, 5.41) is 16.6. The summed E-state index contributed by atoms with van der Waals surface area (Å²) >= 11 is 5.89. The average Bonchev–Trinajstić information content (AvgIpc) is 3.21. The van der Waals surface area contributed by atoms with Crippen molar-refractivity contribution in [1.29, 1.82) is 0 Å². The van der Waals surface area contributed by atoms with Crippen molar-refractivity contribution in [3.63, 3.8) is 0 Å². The second kappa shape index (κ2) is 6.72. The number of amides is 1. The van der Waals surface area contributed by atoms with Crippen LogP contribution in [0.1, 0.15) is 25.7 Å². The molecular weight excluding hydrogens is 340 g/mol. The fourth-order valence-corrected chi connectivity index (χ4v) is 3.93. The van der Waals surface area contributed by atoms with Gasteiger partial charge in [-0.3, -0.25) is 4.79 Å². The van der Waals surface area contributed by atoms with Crippen LogP contribution in [0.4, 0.5) is 0 Å². The largest absolute Gasteiger partial charge is 0.341 e. The summed E-state index contributed by atoms with van der Waals surface area (Å²) < 4.78 is 0. The van der Waals surface area contributed by atoms with E-state index in [1.165, 1.54) is 17.6 Å². The minimum absolute atomic E-state index is 0.0198. The number of rotatable bonds is 4. The molecule has 0 spiro atoms. The van der Waals surface area contributed by atoms with E-state index in [1.807, 2.05) is 24.1 Å². The average molecular weight is 361 g/mol. The Kier molecular flexibility index (Phi) is 4.43. The van der Waals surface area contributed by atoms with Crippen molar-refractivity contribution in [1.82, 2.24) is 30.4 Å². The maximum Gasteiger partial charge on any atom is 0.246 e. The number of likely N-dealkylation sites (N-methyl/N-ethyl adjacent to an activating group) is 1. The van der Waals surface area contributed by atoms with Gasteiger partial charge in [-0.05, 0) is 55.2 Å². The Labute approximate surface area is 151 Å². The highest BCUT2D eigenvalue weighted by atomic mass is 35.5. The van der Waals surface area contributed by atoms with Gasteiger partial charge in [-0.1, -0.05) is 11.6 Å². The molecule has 2 aliphatic heterocycles. The van der Waals surface area contributed by atoms with E-state index in [0.29, 0.717) is 29.0 Å². The molecule has 2 saturated heterocycles. The van der Waals surface area contributed by atoms with Crippen LogP contribution < -0.4 is 5.32 Å². The minimum Gasteiger partial charge on any atom is -0.341 e. The molecule has 2 aliphatic rings. The summed E-state index contributed by atoms with van der Waals surface area (Å²) in [6.07, 6.45) is 4.50. The third-order valence-electron chi connectivity index (χ3n) is 5.22. The monoisotopic (exact) mass is 360 g/mol. The SMILES string of the molecule is CN(C(=O)Cn1nnc(-c2ccc(Cl)cc2)n1)C1CC2CCC(C1)N2. The Morgan fingerprint density at radius 2 is 1.96 bits per heavy atom. The lowest BCUT2D eigenvalue weighted by molar-refractivity contribution is -0.133. The quantitative estimate of drug-likeness (QED) is 0.898. The van der Waals surface area contributed by atoms with E-state index in [9.17, 15) is 4.79 Å². The molecule has 2 atom stereocenters. The van der Waals surface area contributed by atoms with Crippen molar-refractivity contribution < 1.29 is 4.79 Å². The molecule has 3 heterocycles. The molecule has 0 aliphatic carbocycles. The molecule has 0 radical (unpaired) electrons. The van der Waals surface area contributed by atoms with E-state index in [2.05, 4.69) is 20.7 Å². The van der Waals surface area contributed by atoms with Crippen LogP contribution in [0.5, 0.6) is 0 Å². The number of hydrogen-bond acceptors (Lipinski definition) is 5. The van der Waals surface area contributed by atoms with E-state index in [0.717, 1.165) is 18.4 Å². The predicted molar refractivity (Wildman–Crippen MR) is 94.0 cm³/mol.